The fraction of sp³-hybridized carbons (Fsp3) is 0.269. The zero-order chi connectivity index (χ0) is 20.3. The molecule has 152 valence electrons. The first kappa shape index (κ1) is 18.7. The van der Waals surface area contributed by atoms with Crippen LogP contribution in [0.1, 0.15) is 18.4 Å². The number of fused-ring (bicyclic) bond motifs is 1. The third-order valence-corrected chi connectivity index (χ3v) is 6.18. The minimum atomic E-state index is 0.787. The summed E-state index contributed by atoms with van der Waals surface area (Å²) in [6, 6.07) is 25.6. The van der Waals surface area contributed by atoms with E-state index in [-0.39, 0.29) is 0 Å². The molecule has 1 N–H and O–H groups in total. The molecule has 0 aliphatic carbocycles. The largest absolute Gasteiger partial charge is 0.497 e. The Balaban J connectivity index is 1.24. The number of nitrogens with one attached hydrogen (secondary N) is 1. The van der Waals surface area contributed by atoms with Crippen LogP contribution in [0.4, 0.5) is 5.69 Å². The molecular formula is C26H27N3O. The van der Waals surface area contributed by atoms with Crippen molar-refractivity contribution < 1.29 is 4.74 Å². The van der Waals surface area contributed by atoms with Crippen molar-refractivity contribution in [2.45, 2.75) is 19.3 Å². The molecule has 0 bridgehead atoms. The van der Waals surface area contributed by atoms with Crippen molar-refractivity contribution in [2.24, 2.45) is 5.92 Å². The zero-order valence-electron chi connectivity index (χ0n) is 17.3. The topological polar surface area (TPSA) is 41.1 Å². The minimum Gasteiger partial charge on any atom is -0.497 e. The predicted molar refractivity (Wildman–Crippen MR) is 123 cm³/mol. The lowest BCUT2D eigenvalue weighted by molar-refractivity contribution is 0.404. The summed E-state index contributed by atoms with van der Waals surface area (Å²) >= 11 is 0. The highest BCUT2D eigenvalue weighted by atomic mass is 16.5. The van der Waals surface area contributed by atoms with Crippen LogP contribution in [-0.4, -0.2) is 30.2 Å². The van der Waals surface area contributed by atoms with Crippen LogP contribution in [0.15, 0.2) is 72.8 Å². The quantitative estimate of drug-likeness (QED) is 0.470. The van der Waals surface area contributed by atoms with Gasteiger partial charge in [-0.1, -0.05) is 30.3 Å². The molecule has 1 aromatic heterocycles. The summed E-state index contributed by atoms with van der Waals surface area (Å²) in [5, 5.41) is 0. The van der Waals surface area contributed by atoms with E-state index in [9.17, 15) is 0 Å². The third kappa shape index (κ3) is 3.90. The Hall–Kier alpha value is -3.27. The lowest BCUT2D eigenvalue weighted by atomic mass is 9.90. The molecule has 4 nitrogen and oxygen atoms in total. The van der Waals surface area contributed by atoms with Crippen molar-refractivity contribution in [1.29, 1.82) is 0 Å². The van der Waals surface area contributed by atoms with Crippen molar-refractivity contribution >= 4 is 16.7 Å². The van der Waals surface area contributed by atoms with Crippen LogP contribution in [0.25, 0.3) is 22.4 Å². The number of imidazole rings is 1. The highest BCUT2D eigenvalue weighted by molar-refractivity contribution is 5.81. The number of aromatic amines is 1. The molecule has 2 heterocycles. The van der Waals surface area contributed by atoms with Gasteiger partial charge in [-0.3, -0.25) is 0 Å². The van der Waals surface area contributed by atoms with E-state index in [2.05, 4.69) is 64.5 Å². The maximum Gasteiger partial charge on any atom is 0.138 e. The Kier molecular flexibility index (Phi) is 5.14. The number of hydrogen-bond acceptors (Lipinski definition) is 3. The van der Waals surface area contributed by atoms with Gasteiger partial charge >= 0.3 is 0 Å². The van der Waals surface area contributed by atoms with Gasteiger partial charge in [-0.25, -0.2) is 4.98 Å². The maximum atomic E-state index is 5.31. The summed E-state index contributed by atoms with van der Waals surface area (Å²) in [4.78, 5) is 10.6. The number of benzene rings is 3. The lowest BCUT2D eigenvalue weighted by Gasteiger charge is -2.33. The Morgan fingerprint density at radius 2 is 1.73 bits per heavy atom. The van der Waals surface area contributed by atoms with Gasteiger partial charge < -0.3 is 14.6 Å². The summed E-state index contributed by atoms with van der Waals surface area (Å²) in [6.45, 7) is 2.25. The van der Waals surface area contributed by atoms with Gasteiger partial charge in [-0.2, -0.15) is 0 Å². The zero-order valence-corrected chi connectivity index (χ0v) is 17.3. The van der Waals surface area contributed by atoms with Crippen LogP contribution >= 0.6 is 0 Å². The molecule has 30 heavy (non-hydrogen) atoms. The maximum absolute atomic E-state index is 5.31. The first-order valence-electron chi connectivity index (χ1n) is 10.7. The summed E-state index contributed by atoms with van der Waals surface area (Å²) < 4.78 is 5.31. The lowest BCUT2D eigenvalue weighted by Crippen LogP contribution is -2.34. The summed E-state index contributed by atoms with van der Waals surface area (Å²) in [6.07, 6.45) is 3.70. The van der Waals surface area contributed by atoms with E-state index in [4.69, 9.17) is 9.72 Å². The van der Waals surface area contributed by atoms with E-state index in [1.807, 2.05) is 18.2 Å². The second-order valence-corrected chi connectivity index (χ2v) is 8.14. The van der Waals surface area contributed by atoms with Gasteiger partial charge in [0.15, 0.2) is 0 Å². The van der Waals surface area contributed by atoms with Gasteiger partial charge in [0.25, 0.3) is 0 Å². The molecule has 3 aromatic carbocycles. The van der Waals surface area contributed by atoms with Crippen molar-refractivity contribution in [2.75, 3.05) is 25.1 Å². The smallest absolute Gasteiger partial charge is 0.138 e. The Labute approximate surface area is 177 Å². The Bertz CT molecular complexity index is 1110. The third-order valence-electron chi connectivity index (χ3n) is 6.18. The number of methoxy groups -OCH3 is 1. The molecule has 0 spiro atoms. The fourth-order valence-electron chi connectivity index (χ4n) is 4.43. The van der Waals surface area contributed by atoms with Crippen LogP contribution in [-0.2, 0) is 6.42 Å². The van der Waals surface area contributed by atoms with Crippen LogP contribution in [0.5, 0.6) is 5.75 Å². The molecule has 4 heteroatoms. The fourth-order valence-corrected chi connectivity index (χ4v) is 4.43. The highest BCUT2D eigenvalue weighted by Gasteiger charge is 2.20. The molecule has 0 radical (unpaired) electrons. The van der Waals surface area contributed by atoms with E-state index >= 15 is 0 Å². The molecule has 0 unspecified atom stereocenters. The number of hydrogen-bond donors (Lipinski definition) is 1. The van der Waals surface area contributed by atoms with Crippen molar-refractivity contribution in [3.8, 4) is 17.1 Å². The SMILES string of the molecule is COc1ccc2nc(-c3ccc(N4CCC(Cc5ccccc5)CC4)cc3)[nH]c2c1. The first-order chi connectivity index (χ1) is 14.8. The monoisotopic (exact) mass is 397 g/mol. The number of rotatable bonds is 5. The normalized spacial score (nSPS) is 14.9. The van der Waals surface area contributed by atoms with E-state index in [0.717, 1.165) is 47.2 Å². The number of H-pyrrole nitrogens is 1. The van der Waals surface area contributed by atoms with E-state index in [1.165, 1.54) is 30.5 Å². The van der Waals surface area contributed by atoms with Gasteiger partial charge in [0.1, 0.15) is 11.6 Å². The van der Waals surface area contributed by atoms with Crippen LogP contribution in [0.3, 0.4) is 0 Å². The Morgan fingerprint density at radius 1 is 0.967 bits per heavy atom. The average Bonchev–Trinajstić information content (AvgIpc) is 3.24. The molecular weight excluding hydrogens is 370 g/mol. The molecule has 1 saturated heterocycles. The first-order valence-corrected chi connectivity index (χ1v) is 10.7. The van der Waals surface area contributed by atoms with Gasteiger partial charge in [0.05, 0.1) is 18.1 Å². The molecule has 4 aromatic rings. The van der Waals surface area contributed by atoms with Gasteiger partial charge in [-0.05, 0) is 67.1 Å². The van der Waals surface area contributed by atoms with Crippen LogP contribution in [0.2, 0.25) is 0 Å². The molecule has 1 aliphatic heterocycles. The number of anilines is 1. The van der Waals surface area contributed by atoms with Crippen molar-refractivity contribution in [3.63, 3.8) is 0 Å². The van der Waals surface area contributed by atoms with Crippen LogP contribution < -0.4 is 9.64 Å². The van der Waals surface area contributed by atoms with Crippen molar-refractivity contribution in [3.05, 3.63) is 78.4 Å². The highest BCUT2D eigenvalue weighted by Crippen LogP contribution is 2.28. The van der Waals surface area contributed by atoms with Crippen LogP contribution in [0, 0.1) is 5.92 Å². The van der Waals surface area contributed by atoms with Gasteiger partial charge in [0, 0.05) is 30.4 Å². The number of ether oxygens (including phenoxy) is 1. The average molecular weight is 398 g/mol. The number of aromatic nitrogens is 2. The minimum absolute atomic E-state index is 0.787. The summed E-state index contributed by atoms with van der Waals surface area (Å²) in [7, 11) is 1.68. The molecule has 1 fully saturated rings. The van der Waals surface area contributed by atoms with E-state index in [1.54, 1.807) is 7.11 Å². The van der Waals surface area contributed by atoms with Crippen molar-refractivity contribution in [1.82, 2.24) is 9.97 Å². The van der Waals surface area contributed by atoms with E-state index < -0.39 is 0 Å². The molecule has 0 saturated carbocycles. The standard InChI is InChI=1S/C26H27N3O/c1-30-23-11-12-24-25(18-23)28-26(27-24)21-7-9-22(10-8-21)29-15-13-20(14-16-29)17-19-5-3-2-4-6-19/h2-12,18,20H,13-17H2,1H3,(H,27,28). The second-order valence-electron chi connectivity index (χ2n) is 8.14. The van der Waals surface area contributed by atoms with Gasteiger partial charge in [0.2, 0.25) is 0 Å². The summed E-state index contributed by atoms with van der Waals surface area (Å²) in [5.41, 5.74) is 5.82. The van der Waals surface area contributed by atoms with E-state index in [0.29, 0.717) is 0 Å². The molecule has 1 aliphatic rings. The predicted octanol–water partition coefficient (Wildman–Crippen LogP) is 5.70. The molecule has 0 amide bonds. The van der Waals surface area contributed by atoms with Gasteiger partial charge in [-0.15, -0.1) is 0 Å². The number of nitrogens with zero attached hydrogens (tertiary/aromatic N) is 2. The number of piperidine rings is 1. The summed E-state index contributed by atoms with van der Waals surface area (Å²) in [5.74, 6) is 2.52. The molecule has 0 atom stereocenters. The second kappa shape index (κ2) is 8.23. The molecule has 5 rings (SSSR count). The Morgan fingerprint density at radius 3 is 2.47 bits per heavy atom.